The van der Waals surface area contributed by atoms with E-state index in [1.807, 2.05) is 24.3 Å². The molecule has 0 atom stereocenters. The van der Waals surface area contributed by atoms with Crippen molar-refractivity contribution in [1.29, 1.82) is 0 Å². The van der Waals surface area contributed by atoms with Crippen molar-refractivity contribution >= 4 is 49.6 Å². The number of benzene rings is 7. The van der Waals surface area contributed by atoms with E-state index in [9.17, 15) is 0 Å². The number of nitrogens with zero attached hydrogens (tertiary/aromatic N) is 2. The van der Waals surface area contributed by atoms with E-state index in [0.29, 0.717) is 0 Å². The summed E-state index contributed by atoms with van der Waals surface area (Å²) in [6, 6.07) is 53.9. The van der Waals surface area contributed by atoms with Gasteiger partial charge in [-0.25, -0.2) is 9.98 Å². The van der Waals surface area contributed by atoms with Crippen molar-refractivity contribution in [2.45, 2.75) is 13.3 Å². The Labute approximate surface area is 257 Å². The third-order valence-corrected chi connectivity index (χ3v) is 8.67. The fraction of sp³-hybridized carbons (Fsp3) is 0.0476. The number of aliphatic imine (C=N–C) groups is 2. The Hall–Kier alpha value is -5.60. The minimum atomic E-state index is 0.724. The Morgan fingerprint density at radius 1 is 0.409 bits per heavy atom. The maximum Gasteiger partial charge on any atom is 0.160 e. The van der Waals surface area contributed by atoms with Gasteiger partial charge in [0.05, 0.1) is 11.4 Å². The SMILES string of the molecule is CC1=C(c2ccccc2-c2ccc3c4ccccc4c4ccccc4c3c2)N=C(c2ccccc2)N=C(c2ccccc2)C1. The van der Waals surface area contributed by atoms with Crippen LogP contribution in [-0.2, 0) is 0 Å². The van der Waals surface area contributed by atoms with E-state index in [1.54, 1.807) is 0 Å². The average Bonchev–Trinajstić information content (AvgIpc) is 3.28. The maximum absolute atomic E-state index is 5.32. The fourth-order valence-electron chi connectivity index (χ4n) is 6.55. The lowest BCUT2D eigenvalue weighted by atomic mass is 9.90. The molecule has 0 aliphatic carbocycles. The molecule has 2 nitrogen and oxygen atoms in total. The van der Waals surface area contributed by atoms with Crippen molar-refractivity contribution in [3.63, 3.8) is 0 Å². The summed E-state index contributed by atoms with van der Waals surface area (Å²) in [5, 5.41) is 7.67. The van der Waals surface area contributed by atoms with Crippen molar-refractivity contribution in [3.8, 4) is 11.1 Å². The molecule has 7 aromatic rings. The van der Waals surface area contributed by atoms with E-state index in [4.69, 9.17) is 9.98 Å². The molecule has 0 bridgehead atoms. The highest BCUT2D eigenvalue weighted by Gasteiger charge is 2.20. The summed E-state index contributed by atoms with van der Waals surface area (Å²) in [6.45, 7) is 2.20. The molecule has 7 aromatic carbocycles. The second-order valence-electron chi connectivity index (χ2n) is 11.4. The number of hydrogen-bond acceptors (Lipinski definition) is 2. The van der Waals surface area contributed by atoms with E-state index in [-0.39, 0.29) is 0 Å². The Balaban J connectivity index is 1.34. The van der Waals surface area contributed by atoms with Crippen LogP contribution in [0.25, 0.3) is 49.1 Å². The molecule has 8 rings (SSSR count). The molecule has 0 saturated carbocycles. The first-order chi connectivity index (χ1) is 21.7. The monoisotopic (exact) mass is 562 g/mol. The van der Waals surface area contributed by atoms with Gasteiger partial charge in [0.15, 0.2) is 5.84 Å². The maximum atomic E-state index is 5.32. The molecule has 44 heavy (non-hydrogen) atoms. The highest BCUT2D eigenvalue weighted by Crippen LogP contribution is 2.39. The third kappa shape index (κ3) is 4.53. The van der Waals surface area contributed by atoms with Crippen molar-refractivity contribution in [1.82, 2.24) is 0 Å². The largest absolute Gasteiger partial charge is 0.232 e. The Morgan fingerprint density at radius 3 is 1.55 bits per heavy atom. The van der Waals surface area contributed by atoms with Crippen LogP contribution in [0.2, 0.25) is 0 Å². The number of allylic oxidation sites excluding steroid dienone is 1. The van der Waals surface area contributed by atoms with Crippen LogP contribution in [0.5, 0.6) is 0 Å². The van der Waals surface area contributed by atoms with Gasteiger partial charge in [0.25, 0.3) is 0 Å². The van der Waals surface area contributed by atoms with Gasteiger partial charge < -0.3 is 0 Å². The van der Waals surface area contributed by atoms with Crippen LogP contribution in [-0.4, -0.2) is 11.5 Å². The first-order valence-electron chi connectivity index (χ1n) is 15.1. The van der Waals surface area contributed by atoms with Crippen molar-refractivity contribution in [3.05, 3.63) is 174 Å². The van der Waals surface area contributed by atoms with Gasteiger partial charge in [0.1, 0.15) is 0 Å². The molecule has 0 amide bonds. The lowest BCUT2D eigenvalue weighted by Crippen LogP contribution is -2.05. The molecular formula is C42H30N2. The number of hydrogen-bond donors (Lipinski definition) is 0. The molecule has 1 heterocycles. The van der Waals surface area contributed by atoms with Crippen molar-refractivity contribution < 1.29 is 0 Å². The second-order valence-corrected chi connectivity index (χ2v) is 11.4. The Kier molecular flexibility index (Phi) is 6.46. The van der Waals surface area contributed by atoms with Crippen LogP contribution < -0.4 is 0 Å². The van der Waals surface area contributed by atoms with Crippen LogP contribution in [0.3, 0.4) is 0 Å². The van der Waals surface area contributed by atoms with Crippen LogP contribution >= 0.6 is 0 Å². The van der Waals surface area contributed by atoms with Crippen LogP contribution in [0, 0.1) is 0 Å². The minimum absolute atomic E-state index is 0.724. The first-order valence-corrected chi connectivity index (χ1v) is 15.1. The number of rotatable bonds is 4. The van der Waals surface area contributed by atoms with Gasteiger partial charge in [-0.15, -0.1) is 0 Å². The zero-order chi connectivity index (χ0) is 29.5. The smallest absolute Gasteiger partial charge is 0.160 e. The van der Waals surface area contributed by atoms with Gasteiger partial charge >= 0.3 is 0 Å². The number of amidine groups is 1. The number of fused-ring (bicyclic) bond motifs is 6. The summed E-state index contributed by atoms with van der Waals surface area (Å²) in [5.41, 5.74) is 8.81. The summed E-state index contributed by atoms with van der Waals surface area (Å²) in [7, 11) is 0. The average molecular weight is 563 g/mol. The molecule has 0 spiro atoms. The minimum Gasteiger partial charge on any atom is -0.232 e. The zero-order valence-electron chi connectivity index (χ0n) is 24.5. The van der Waals surface area contributed by atoms with Gasteiger partial charge in [0.2, 0.25) is 0 Å². The summed E-state index contributed by atoms with van der Waals surface area (Å²) >= 11 is 0. The molecular weight excluding hydrogens is 532 g/mol. The zero-order valence-corrected chi connectivity index (χ0v) is 24.5. The van der Waals surface area contributed by atoms with Gasteiger partial charge in [-0.1, -0.05) is 146 Å². The van der Waals surface area contributed by atoms with Gasteiger partial charge in [-0.2, -0.15) is 0 Å². The molecule has 1 aliphatic heterocycles. The molecule has 0 radical (unpaired) electrons. The molecule has 0 saturated heterocycles. The van der Waals surface area contributed by atoms with Crippen molar-refractivity contribution in [2.75, 3.05) is 0 Å². The normalized spacial score (nSPS) is 13.7. The van der Waals surface area contributed by atoms with Gasteiger partial charge in [-0.3, -0.25) is 0 Å². The Morgan fingerprint density at radius 2 is 0.909 bits per heavy atom. The Bertz CT molecular complexity index is 2260. The molecule has 0 fully saturated rings. The predicted molar refractivity (Wildman–Crippen MR) is 188 cm³/mol. The van der Waals surface area contributed by atoms with Crippen molar-refractivity contribution in [2.24, 2.45) is 9.98 Å². The topological polar surface area (TPSA) is 24.7 Å². The first kappa shape index (κ1) is 26.1. The van der Waals surface area contributed by atoms with E-state index < -0.39 is 0 Å². The summed E-state index contributed by atoms with van der Waals surface area (Å²) in [4.78, 5) is 10.5. The van der Waals surface area contributed by atoms with Crippen LogP contribution in [0.15, 0.2) is 167 Å². The molecule has 0 aromatic heterocycles. The van der Waals surface area contributed by atoms with E-state index in [2.05, 4.69) is 134 Å². The highest BCUT2D eigenvalue weighted by molar-refractivity contribution is 6.26. The molecule has 2 heteroatoms. The lowest BCUT2D eigenvalue weighted by Gasteiger charge is -2.15. The molecule has 1 aliphatic rings. The quantitative estimate of drug-likeness (QED) is 0.191. The molecule has 0 N–H and O–H groups in total. The summed E-state index contributed by atoms with van der Waals surface area (Å²) in [5.74, 6) is 0.738. The molecule has 0 unspecified atom stereocenters. The van der Waals surface area contributed by atoms with E-state index >= 15 is 0 Å². The second kappa shape index (κ2) is 10.9. The van der Waals surface area contributed by atoms with Crippen LogP contribution in [0.4, 0.5) is 0 Å². The summed E-state index contributed by atoms with van der Waals surface area (Å²) < 4.78 is 0. The lowest BCUT2D eigenvalue weighted by molar-refractivity contribution is 1.25. The van der Waals surface area contributed by atoms with Gasteiger partial charge in [-0.05, 0) is 67.6 Å². The van der Waals surface area contributed by atoms with E-state index in [1.165, 1.54) is 49.0 Å². The van der Waals surface area contributed by atoms with Gasteiger partial charge in [0, 0.05) is 17.5 Å². The fourth-order valence-corrected chi connectivity index (χ4v) is 6.55. The third-order valence-electron chi connectivity index (χ3n) is 8.67. The highest BCUT2D eigenvalue weighted by atomic mass is 14.9. The standard InChI is InChI=1S/C42H30N2/c1-28-26-40(29-14-4-2-5-15-29)43-42(30-16-6-3-7-17-30)44-41(28)38-23-13-8-18-32(38)31-24-25-37-35-21-10-9-19-33(35)34-20-11-12-22-36(34)39(37)27-31/h2-25,27H,26H2,1H3. The van der Waals surface area contributed by atoms with Crippen LogP contribution in [0.1, 0.15) is 30.0 Å². The molecule has 208 valence electrons. The predicted octanol–water partition coefficient (Wildman–Crippen LogP) is 10.9. The summed E-state index contributed by atoms with van der Waals surface area (Å²) in [6.07, 6.45) is 0.724. The van der Waals surface area contributed by atoms with E-state index in [0.717, 1.165) is 40.4 Å².